The van der Waals surface area contributed by atoms with E-state index in [-0.39, 0.29) is 12.5 Å². The molecule has 1 atom stereocenters. The number of carbonyl (C=O) groups is 1. The van der Waals surface area contributed by atoms with E-state index in [2.05, 4.69) is 29.3 Å². The highest BCUT2D eigenvalue weighted by Crippen LogP contribution is 2.26. The number of hydroxylamine groups is 2. The van der Waals surface area contributed by atoms with Crippen molar-refractivity contribution in [2.45, 2.75) is 39.0 Å². The van der Waals surface area contributed by atoms with Crippen LogP contribution in [0.25, 0.3) is 0 Å². The average molecular weight is 392 g/mol. The Kier molecular flexibility index (Phi) is 6.50. The van der Waals surface area contributed by atoms with E-state index in [0.717, 1.165) is 24.1 Å². The summed E-state index contributed by atoms with van der Waals surface area (Å²) in [6, 6.07) is 16.2. The molecule has 1 aliphatic heterocycles. The van der Waals surface area contributed by atoms with E-state index >= 15 is 0 Å². The fourth-order valence-corrected chi connectivity index (χ4v) is 2.99. The largest absolute Gasteiger partial charge is 0.352 e. The number of nitriles is 1. The smallest absolute Gasteiger partial charge is 0.276 e. The second kappa shape index (κ2) is 9.24. The van der Waals surface area contributed by atoms with E-state index in [4.69, 9.17) is 14.9 Å². The minimum absolute atomic E-state index is 0.195. The second-order valence-electron chi connectivity index (χ2n) is 6.93. The summed E-state index contributed by atoms with van der Waals surface area (Å²) in [7, 11) is 0. The molecule has 0 saturated heterocycles. The monoisotopic (exact) mass is 392 g/mol. The molecular formula is C22H24N4O3. The number of benzene rings is 2. The number of allylic oxidation sites excluding steroid dienone is 1. The lowest BCUT2D eigenvalue weighted by Gasteiger charge is -2.24. The lowest BCUT2D eigenvalue weighted by Crippen LogP contribution is -2.36. The van der Waals surface area contributed by atoms with E-state index < -0.39 is 5.72 Å². The molecule has 7 nitrogen and oxygen atoms in total. The van der Waals surface area contributed by atoms with Crippen LogP contribution in [0.4, 0.5) is 5.69 Å². The predicted octanol–water partition coefficient (Wildman–Crippen LogP) is 3.77. The van der Waals surface area contributed by atoms with Crippen LogP contribution < -0.4 is 16.3 Å². The van der Waals surface area contributed by atoms with Crippen LogP contribution >= 0.6 is 0 Å². The van der Waals surface area contributed by atoms with Crippen LogP contribution in [0.2, 0.25) is 0 Å². The first kappa shape index (κ1) is 20.4. The Bertz CT molecular complexity index is 934. The number of anilines is 1. The summed E-state index contributed by atoms with van der Waals surface area (Å²) < 4.78 is 0. The Morgan fingerprint density at radius 2 is 2.00 bits per heavy atom. The third-order valence-corrected chi connectivity index (χ3v) is 4.40. The number of nitrogens with zero attached hydrogens (tertiary/aromatic N) is 1. The van der Waals surface area contributed by atoms with Gasteiger partial charge in [0.05, 0.1) is 23.8 Å². The van der Waals surface area contributed by atoms with Gasteiger partial charge in [0.25, 0.3) is 5.91 Å². The van der Waals surface area contributed by atoms with Crippen molar-refractivity contribution in [2.75, 3.05) is 5.32 Å². The van der Waals surface area contributed by atoms with Crippen LogP contribution in [0.1, 0.15) is 48.2 Å². The van der Waals surface area contributed by atoms with Crippen LogP contribution in [-0.2, 0) is 16.3 Å². The lowest BCUT2D eigenvalue weighted by molar-refractivity contribution is -0.00998. The normalized spacial score (nSPS) is 17.8. The van der Waals surface area contributed by atoms with Gasteiger partial charge in [-0.05, 0) is 49.2 Å². The fourth-order valence-electron chi connectivity index (χ4n) is 2.99. The number of carbonyl (C=O) groups excluding carboxylic acids is 1. The Morgan fingerprint density at radius 3 is 2.72 bits per heavy atom. The number of rotatable bonds is 8. The highest BCUT2D eigenvalue weighted by molar-refractivity contribution is 5.99. The van der Waals surface area contributed by atoms with Crippen molar-refractivity contribution < 1.29 is 14.5 Å². The zero-order chi connectivity index (χ0) is 20.7. The first-order valence-corrected chi connectivity index (χ1v) is 9.47. The fraction of sp³-hybridized carbons (Fsp3) is 0.273. The van der Waals surface area contributed by atoms with Crippen molar-refractivity contribution in [1.29, 1.82) is 5.26 Å². The lowest BCUT2D eigenvalue weighted by atomic mass is 10.1. The standard InChI is InChI=1S/C22H24N4O3/c1-3-6-18-13-22(2,29-25-18)24-20-8-5-4-7-19(20)21(27)26-28-15-17-11-9-16(14-23)10-12-17/h4-5,7-13,24-25H,3,6,15H2,1-2H3,(H,26,27). The number of hydrogen-bond acceptors (Lipinski definition) is 6. The summed E-state index contributed by atoms with van der Waals surface area (Å²) in [5.74, 6) is -0.367. The molecule has 1 unspecified atom stereocenters. The van der Waals surface area contributed by atoms with E-state index in [1.54, 1.807) is 36.4 Å². The molecule has 2 aromatic rings. The molecule has 2 aromatic carbocycles. The van der Waals surface area contributed by atoms with E-state index in [9.17, 15) is 4.79 Å². The van der Waals surface area contributed by atoms with Crippen molar-refractivity contribution in [1.82, 2.24) is 11.0 Å². The Morgan fingerprint density at radius 1 is 1.24 bits per heavy atom. The minimum Gasteiger partial charge on any atom is -0.352 e. The van der Waals surface area contributed by atoms with Crippen LogP contribution in [0, 0.1) is 11.3 Å². The molecule has 150 valence electrons. The maximum absolute atomic E-state index is 12.6. The first-order chi connectivity index (χ1) is 14.0. The highest BCUT2D eigenvalue weighted by atomic mass is 16.7. The molecule has 0 bridgehead atoms. The SMILES string of the molecule is CCCC1=CC(C)(Nc2ccccc2C(=O)NOCc2ccc(C#N)cc2)ON1. The van der Waals surface area contributed by atoms with Gasteiger partial charge in [-0.15, -0.1) is 0 Å². The molecule has 1 aliphatic rings. The van der Waals surface area contributed by atoms with Gasteiger partial charge in [0.2, 0.25) is 0 Å². The molecule has 1 heterocycles. The molecule has 0 radical (unpaired) electrons. The van der Waals surface area contributed by atoms with Crippen LogP contribution in [0.3, 0.4) is 0 Å². The van der Waals surface area contributed by atoms with Crippen molar-refractivity contribution in [3.8, 4) is 6.07 Å². The van der Waals surface area contributed by atoms with Gasteiger partial charge < -0.3 is 5.32 Å². The Labute approximate surface area is 170 Å². The third-order valence-electron chi connectivity index (χ3n) is 4.40. The van der Waals surface area contributed by atoms with Crippen molar-refractivity contribution >= 4 is 11.6 Å². The third kappa shape index (κ3) is 5.35. The van der Waals surface area contributed by atoms with Gasteiger partial charge in [0.15, 0.2) is 5.72 Å². The second-order valence-corrected chi connectivity index (χ2v) is 6.93. The summed E-state index contributed by atoms with van der Waals surface area (Å²) in [4.78, 5) is 23.6. The zero-order valence-electron chi connectivity index (χ0n) is 16.5. The molecule has 0 aliphatic carbocycles. The molecule has 0 aromatic heterocycles. The van der Waals surface area contributed by atoms with Gasteiger partial charge in [-0.3, -0.25) is 15.1 Å². The highest BCUT2D eigenvalue weighted by Gasteiger charge is 2.30. The molecular weight excluding hydrogens is 368 g/mol. The molecule has 7 heteroatoms. The first-order valence-electron chi connectivity index (χ1n) is 9.47. The summed E-state index contributed by atoms with van der Waals surface area (Å²) in [6.07, 6.45) is 3.88. The summed E-state index contributed by atoms with van der Waals surface area (Å²) in [6.45, 7) is 4.18. The van der Waals surface area contributed by atoms with Crippen molar-refractivity contribution in [3.63, 3.8) is 0 Å². The summed E-state index contributed by atoms with van der Waals surface area (Å²) in [5.41, 5.74) is 8.14. The van der Waals surface area contributed by atoms with E-state index in [1.165, 1.54) is 0 Å². The number of amides is 1. The molecule has 0 saturated carbocycles. The minimum atomic E-state index is -0.760. The molecule has 3 rings (SSSR count). The van der Waals surface area contributed by atoms with Crippen LogP contribution in [0.5, 0.6) is 0 Å². The molecule has 0 fully saturated rings. The quantitative estimate of drug-likeness (QED) is 0.592. The van der Waals surface area contributed by atoms with Gasteiger partial charge in [-0.25, -0.2) is 10.3 Å². The number of para-hydroxylation sites is 1. The van der Waals surface area contributed by atoms with Gasteiger partial charge in [-0.2, -0.15) is 5.26 Å². The Balaban J connectivity index is 1.62. The van der Waals surface area contributed by atoms with Crippen molar-refractivity contribution in [3.05, 3.63) is 77.0 Å². The molecule has 1 amide bonds. The maximum Gasteiger partial charge on any atom is 0.276 e. The number of hydrogen-bond donors (Lipinski definition) is 3. The van der Waals surface area contributed by atoms with Crippen molar-refractivity contribution in [2.24, 2.45) is 0 Å². The van der Waals surface area contributed by atoms with Crippen LogP contribution in [0.15, 0.2) is 60.3 Å². The van der Waals surface area contributed by atoms with Gasteiger partial charge in [-0.1, -0.05) is 37.6 Å². The predicted molar refractivity (Wildman–Crippen MR) is 109 cm³/mol. The molecule has 3 N–H and O–H groups in total. The average Bonchev–Trinajstić information content (AvgIpc) is 3.09. The van der Waals surface area contributed by atoms with Crippen LogP contribution in [-0.4, -0.2) is 11.6 Å². The topological polar surface area (TPSA) is 95.4 Å². The molecule has 0 spiro atoms. The summed E-state index contributed by atoms with van der Waals surface area (Å²) in [5, 5.41) is 12.1. The molecule has 29 heavy (non-hydrogen) atoms. The maximum atomic E-state index is 12.6. The van der Waals surface area contributed by atoms with Gasteiger partial charge in [0, 0.05) is 11.4 Å². The van der Waals surface area contributed by atoms with Gasteiger partial charge in [0.1, 0.15) is 0 Å². The number of nitrogens with one attached hydrogen (secondary N) is 3. The summed E-state index contributed by atoms with van der Waals surface area (Å²) >= 11 is 0. The van der Waals surface area contributed by atoms with E-state index in [1.807, 2.05) is 25.1 Å². The van der Waals surface area contributed by atoms with Gasteiger partial charge >= 0.3 is 0 Å². The zero-order valence-corrected chi connectivity index (χ0v) is 16.5. The Hall–Kier alpha value is -3.34. The van der Waals surface area contributed by atoms with E-state index in [0.29, 0.717) is 16.8 Å².